The second kappa shape index (κ2) is 9.16. The summed E-state index contributed by atoms with van der Waals surface area (Å²) >= 11 is 0. The first-order valence-corrected chi connectivity index (χ1v) is 8.75. The van der Waals surface area contributed by atoms with Crippen LogP contribution in [0.2, 0.25) is 0 Å². The quantitative estimate of drug-likeness (QED) is 0.535. The Morgan fingerprint density at radius 1 is 1.15 bits per heavy atom. The predicted molar refractivity (Wildman–Crippen MR) is 95.4 cm³/mol. The summed E-state index contributed by atoms with van der Waals surface area (Å²) in [5.74, 6) is -1.94. The maximum Gasteiger partial charge on any atom is 0.338 e. The molecule has 1 fully saturated rings. The fraction of sp³-hybridized carbons (Fsp3) is 0.579. The van der Waals surface area contributed by atoms with Crippen molar-refractivity contribution in [3.05, 3.63) is 23.3 Å². The molecule has 0 bridgehead atoms. The number of methoxy groups -OCH3 is 3. The maximum absolute atomic E-state index is 13.2. The first-order valence-electron chi connectivity index (χ1n) is 8.75. The number of ketones is 1. The van der Waals surface area contributed by atoms with Crippen molar-refractivity contribution >= 4 is 11.8 Å². The molecule has 0 saturated carbocycles. The van der Waals surface area contributed by atoms with Crippen LogP contribution in [0.15, 0.2) is 12.1 Å². The van der Waals surface area contributed by atoms with Crippen LogP contribution >= 0.6 is 0 Å². The van der Waals surface area contributed by atoms with E-state index in [1.54, 1.807) is 0 Å². The minimum atomic E-state index is -1.32. The van der Waals surface area contributed by atoms with E-state index in [1.165, 1.54) is 33.5 Å². The highest BCUT2D eigenvalue weighted by Crippen LogP contribution is 2.34. The van der Waals surface area contributed by atoms with Gasteiger partial charge in [0.15, 0.2) is 5.78 Å². The van der Waals surface area contributed by atoms with Gasteiger partial charge in [0.1, 0.15) is 17.6 Å². The molecule has 8 nitrogen and oxygen atoms in total. The number of hydrogen-bond acceptors (Lipinski definition) is 8. The van der Waals surface area contributed by atoms with E-state index in [4.69, 9.17) is 18.9 Å². The lowest BCUT2D eigenvalue weighted by Crippen LogP contribution is -2.52. The Balaban J connectivity index is 2.44. The Hall–Kier alpha value is -2.16. The first kappa shape index (κ1) is 21.1. The summed E-state index contributed by atoms with van der Waals surface area (Å²) in [4.78, 5) is 25.4. The van der Waals surface area contributed by atoms with Crippen molar-refractivity contribution in [2.45, 2.75) is 38.1 Å². The highest BCUT2D eigenvalue weighted by atomic mass is 16.5. The lowest BCUT2D eigenvalue weighted by molar-refractivity contribution is -0.155. The van der Waals surface area contributed by atoms with E-state index < -0.39 is 36.0 Å². The van der Waals surface area contributed by atoms with E-state index in [-0.39, 0.29) is 23.5 Å². The van der Waals surface area contributed by atoms with Gasteiger partial charge in [0.05, 0.1) is 57.2 Å². The van der Waals surface area contributed by atoms with Gasteiger partial charge in [0, 0.05) is 6.07 Å². The number of aliphatic hydroxyl groups excluding tert-OH is 2. The number of carbonyl (C=O) groups is 2. The lowest BCUT2D eigenvalue weighted by Gasteiger charge is -2.37. The Morgan fingerprint density at radius 3 is 2.41 bits per heavy atom. The molecule has 2 rings (SSSR count). The van der Waals surface area contributed by atoms with Crippen molar-refractivity contribution in [3.63, 3.8) is 0 Å². The molecule has 1 aromatic carbocycles. The predicted octanol–water partition coefficient (Wildman–Crippen LogP) is 1.21. The Morgan fingerprint density at radius 2 is 1.85 bits per heavy atom. The summed E-state index contributed by atoms with van der Waals surface area (Å²) in [6.07, 6.45) is -1.71. The van der Waals surface area contributed by atoms with Crippen LogP contribution in [0.5, 0.6) is 11.5 Å². The third-order valence-corrected chi connectivity index (χ3v) is 4.73. The van der Waals surface area contributed by atoms with Gasteiger partial charge < -0.3 is 29.2 Å². The van der Waals surface area contributed by atoms with Crippen molar-refractivity contribution in [2.75, 3.05) is 27.9 Å². The van der Waals surface area contributed by atoms with E-state index in [1.807, 2.05) is 6.92 Å². The number of carbonyl (C=O) groups excluding carboxylic acids is 2. The molecule has 0 radical (unpaired) electrons. The van der Waals surface area contributed by atoms with Crippen molar-refractivity contribution in [1.82, 2.24) is 0 Å². The van der Waals surface area contributed by atoms with E-state index in [0.717, 1.165) is 6.42 Å². The number of Topliss-reactive ketones (excluding diaryl/α,β-unsaturated/α-hetero) is 1. The number of ether oxygens (including phenoxy) is 4. The maximum atomic E-state index is 13.2. The molecule has 1 aliphatic heterocycles. The fourth-order valence-corrected chi connectivity index (χ4v) is 3.23. The largest absolute Gasteiger partial charge is 0.497 e. The summed E-state index contributed by atoms with van der Waals surface area (Å²) < 4.78 is 20.8. The standard InChI is InChI=1S/C19H26O8/c1-5-6-13-18(22)17(21)12(9-27-13)16(20)15-11(19(23)26-4)7-10(24-2)8-14(15)25-3/h7-8,12-13,17-18,21-22H,5-6,9H2,1-4H3. The van der Waals surface area contributed by atoms with E-state index in [9.17, 15) is 19.8 Å². The summed E-state index contributed by atoms with van der Waals surface area (Å²) in [6, 6.07) is 2.83. The molecule has 1 aromatic rings. The number of hydrogen-bond donors (Lipinski definition) is 2. The molecule has 4 unspecified atom stereocenters. The topological polar surface area (TPSA) is 112 Å². The Kier molecular flexibility index (Phi) is 7.18. The molecule has 2 N–H and O–H groups in total. The van der Waals surface area contributed by atoms with Crippen LogP contribution in [0, 0.1) is 5.92 Å². The van der Waals surface area contributed by atoms with Gasteiger partial charge in [-0.3, -0.25) is 4.79 Å². The molecule has 1 aliphatic rings. The monoisotopic (exact) mass is 382 g/mol. The average Bonchev–Trinajstić information content (AvgIpc) is 2.69. The van der Waals surface area contributed by atoms with Crippen LogP contribution < -0.4 is 9.47 Å². The SMILES string of the molecule is CCCC1OCC(C(=O)c2c(OC)cc(OC)cc2C(=O)OC)C(O)C1O. The molecule has 27 heavy (non-hydrogen) atoms. The minimum absolute atomic E-state index is 0.0426. The third-order valence-electron chi connectivity index (χ3n) is 4.73. The van der Waals surface area contributed by atoms with Gasteiger partial charge in [0.25, 0.3) is 0 Å². The van der Waals surface area contributed by atoms with Gasteiger partial charge in [-0.25, -0.2) is 4.79 Å². The zero-order valence-electron chi connectivity index (χ0n) is 15.9. The van der Waals surface area contributed by atoms with Crippen molar-refractivity contribution in [3.8, 4) is 11.5 Å². The highest BCUT2D eigenvalue weighted by Gasteiger charge is 2.43. The Bertz CT molecular complexity index is 687. The molecule has 0 spiro atoms. The number of rotatable bonds is 7. The molecule has 0 aromatic heterocycles. The molecular formula is C19H26O8. The first-order chi connectivity index (χ1) is 12.9. The highest BCUT2D eigenvalue weighted by molar-refractivity contribution is 6.10. The normalized spacial score (nSPS) is 25.0. The van der Waals surface area contributed by atoms with Gasteiger partial charge in [-0.2, -0.15) is 0 Å². The van der Waals surface area contributed by atoms with Gasteiger partial charge in [-0.15, -0.1) is 0 Å². The van der Waals surface area contributed by atoms with Crippen molar-refractivity contribution in [2.24, 2.45) is 5.92 Å². The summed E-state index contributed by atoms with van der Waals surface area (Å²) in [6.45, 7) is 1.86. The van der Waals surface area contributed by atoms with Crippen LogP contribution in [-0.2, 0) is 9.47 Å². The van der Waals surface area contributed by atoms with Gasteiger partial charge in [-0.05, 0) is 12.5 Å². The molecule has 8 heteroatoms. The fourth-order valence-electron chi connectivity index (χ4n) is 3.23. The molecule has 4 atom stereocenters. The van der Waals surface area contributed by atoms with Gasteiger partial charge in [-0.1, -0.05) is 13.3 Å². The molecule has 0 amide bonds. The van der Waals surface area contributed by atoms with E-state index in [2.05, 4.69) is 0 Å². The average molecular weight is 382 g/mol. The van der Waals surface area contributed by atoms with Gasteiger partial charge in [0.2, 0.25) is 0 Å². The number of esters is 1. The second-order valence-corrected chi connectivity index (χ2v) is 6.36. The number of benzene rings is 1. The molecule has 1 heterocycles. The zero-order valence-corrected chi connectivity index (χ0v) is 15.9. The van der Waals surface area contributed by atoms with Gasteiger partial charge >= 0.3 is 5.97 Å². The molecule has 1 saturated heterocycles. The molecular weight excluding hydrogens is 356 g/mol. The number of aliphatic hydroxyl groups is 2. The van der Waals surface area contributed by atoms with E-state index in [0.29, 0.717) is 12.2 Å². The van der Waals surface area contributed by atoms with Crippen molar-refractivity contribution < 1.29 is 38.7 Å². The third kappa shape index (κ3) is 4.23. The Labute approximate surface area is 158 Å². The van der Waals surface area contributed by atoms with Crippen LogP contribution in [0.1, 0.15) is 40.5 Å². The molecule has 150 valence electrons. The molecule has 0 aliphatic carbocycles. The summed E-state index contributed by atoms with van der Waals surface area (Å²) in [7, 11) is 3.97. The van der Waals surface area contributed by atoms with Crippen LogP contribution in [0.25, 0.3) is 0 Å². The van der Waals surface area contributed by atoms with Crippen molar-refractivity contribution in [1.29, 1.82) is 0 Å². The van der Waals surface area contributed by atoms with Crippen LogP contribution in [0.4, 0.5) is 0 Å². The van der Waals surface area contributed by atoms with E-state index >= 15 is 0 Å². The minimum Gasteiger partial charge on any atom is -0.497 e. The zero-order chi connectivity index (χ0) is 20.1. The second-order valence-electron chi connectivity index (χ2n) is 6.36. The smallest absolute Gasteiger partial charge is 0.338 e. The van der Waals surface area contributed by atoms with Crippen LogP contribution in [-0.4, -0.2) is 68.2 Å². The summed E-state index contributed by atoms with van der Waals surface area (Å²) in [5, 5.41) is 20.8. The lowest BCUT2D eigenvalue weighted by atomic mass is 9.84. The summed E-state index contributed by atoms with van der Waals surface area (Å²) in [5.41, 5.74) is -0.0880. The van der Waals surface area contributed by atoms with Crippen LogP contribution in [0.3, 0.4) is 0 Å².